The SMILES string of the molecule is CCC(C)c1ccccc1OCC(=O)NN=Cc1ccc(C(C)C)cc1. The van der Waals surface area contributed by atoms with Crippen LogP contribution < -0.4 is 10.2 Å². The lowest BCUT2D eigenvalue weighted by atomic mass is 9.98. The Hall–Kier alpha value is -2.62. The number of hydrogen-bond donors (Lipinski definition) is 1. The third-order valence-electron chi connectivity index (χ3n) is 4.43. The van der Waals surface area contributed by atoms with Crippen molar-refractivity contribution in [3.63, 3.8) is 0 Å². The molecule has 1 unspecified atom stereocenters. The molecule has 0 aliphatic carbocycles. The lowest BCUT2D eigenvalue weighted by Gasteiger charge is -2.15. The summed E-state index contributed by atoms with van der Waals surface area (Å²) >= 11 is 0. The Kier molecular flexibility index (Phi) is 7.39. The van der Waals surface area contributed by atoms with Crippen molar-refractivity contribution in [2.24, 2.45) is 5.10 Å². The lowest BCUT2D eigenvalue weighted by molar-refractivity contribution is -0.123. The van der Waals surface area contributed by atoms with Crippen molar-refractivity contribution in [1.29, 1.82) is 0 Å². The van der Waals surface area contributed by atoms with E-state index in [1.54, 1.807) is 6.21 Å². The summed E-state index contributed by atoms with van der Waals surface area (Å²) in [4.78, 5) is 12.0. The zero-order chi connectivity index (χ0) is 18.9. The molecular weight excluding hydrogens is 324 g/mol. The van der Waals surface area contributed by atoms with Gasteiger partial charge in [-0.25, -0.2) is 5.43 Å². The van der Waals surface area contributed by atoms with E-state index < -0.39 is 0 Å². The first kappa shape index (κ1) is 19.7. The Labute approximate surface area is 156 Å². The molecule has 138 valence electrons. The molecule has 0 bridgehead atoms. The van der Waals surface area contributed by atoms with Crippen LogP contribution in [0.4, 0.5) is 0 Å². The standard InChI is InChI=1S/C22H28N2O2/c1-5-17(4)20-8-6-7-9-21(20)26-15-22(25)24-23-14-18-10-12-19(13-11-18)16(2)3/h6-14,16-17H,5,15H2,1-4H3,(H,24,25). The van der Waals surface area contributed by atoms with Gasteiger partial charge in [0.15, 0.2) is 6.61 Å². The molecule has 4 heteroatoms. The summed E-state index contributed by atoms with van der Waals surface area (Å²) in [5.41, 5.74) is 5.85. The molecule has 0 saturated carbocycles. The second-order valence-electron chi connectivity index (χ2n) is 6.75. The monoisotopic (exact) mass is 352 g/mol. The summed E-state index contributed by atoms with van der Waals surface area (Å²) in [6, 6.07) is 16.0. The van der Waals surface area contributed by atoms with Crippen molar-refractivity contribution >= 4 is 12.1 Å². The zero-order valence-corrected chi connectivity index (χ0v) is 16.0. The highest BCUT2D eigenvalue weighted by molar-refractivity contribution is 5.83. The second kappa shape index (κ2) is 9.76. The average molecular weight is 352 g/mol. The number of rotatable bonds is 8. The zero-order valence-electron chi connectivity index (χ0n) is 16.0. The van der Waals surface area contributed by atoms with Gasteiger partial charge in [-0.3, -0.25) is 4.79 Å². The van der Waals surface area contributed by atoms with Crippen LogP contribution in [-0.2, 0) is 4.79 Å². The van der Waals surface area contributed by atoms with Gasteiger partial charge in [0.2, 0.25) is 0 Å². The first-order chi connectivity index (χ1) is 12.5. The van der Waals surface area contributed by atoms with Crippen molar-refractivity contribution in [2.45, 2.75) is 46.0 Å². The molecule has 4 nitrogen and oxygen atoms in total. The second-order valence-corrected chi connectivity index (χ2v) is 6.75. The Morgan fingerprint density at radius 2 is 1.81 bits per heavy atom. The average Bonchev–Trinajstić information content (AvgIpc) is 2.66. The summed E-state index contributed by atoms with van der Waals surface area (Å²) in [6.45, 7) is 8.54. The summed E-state index contributed by atoms with van der Waals surface area (Å²) in [6.07, 6.45) is 2.65. The van der Waals surface area contributed by atoms with Crippen molar-refractivity contribution in [3.8, 4) is 5.75 Å². The normalized spacial score (nSPS) is 12.3. The topological polar surface area (TPSA) is 50.7 Å². The van der Waals surface area contributed by atoms with E-state index in [2.05, 4.69) is 50.4 Å². The number of carbonyl (C=O) groups excluding carboxylic acids is 1. The van der Waals surface area contributed by atoms with Crippen LogP contribution in [0.15, 0.2) is 53.6 Å². The van der Waals surface area contributed by atoms with Gasteiger partial charge in [-0.1, -0.05) is 70.2 Å². The van der Waals surface area contributed by atoms with Gasteiger partial charge in [0.1, 0.15) is 5.75 Å². The number of carbonyl (C=O) groups is 1. The van der Waals surface area contributed by atoms with E-state index in [1.807, 2.05) is 36.4 Å². The number of nitrogens with one attached hydrogen (secondary N) is 1. The number of hydrogen-bond acceptors (Lipinski definition) is 3. The predicted molar refractivity (Wildman–Crippen MR) is 107 cm³/mol. The fourth-order valence-electron chi connectivity index (χ4n) is 2.56. The van der Waals surface area contributed by atoms with Gasteiger partial charge in [-0.15, -0.1) is 0 Å². The third-order valence-corrected chi connectivity index (χ3v) is 4.43. The highest BCUT2D eigenvalue weighted by Crippen LogP contribution is 2.28. The highest BCUT2D eigenvalue weighted by atomic mass is 16.5. The molecule has 0 saturated heterocycles. The molecule has 0 fully saturated rings. The minimum atomic E-state index is -0.279. The molecule has 0 spiro atoms. The van der Waals surface area contributed by atoms with Gasteiger partial charge < -0.3 is 4.74 Å². The smallest absolute Gasteiger partial charge is 0.277 e. The number of benzene rings is 2. The van der Waals surface area contributed by atoms with E-state index in [0.717, 1.165) is 23.3 Å². The Bertz CT molecular complexity index is 736. The van der Waals surface area contributed by atoms with Gasteiger partial charge in [0.05, 0.1) is 6.21 Å². The molecule has 0 aliphatic rings. The molecule has 0 aromatic heterocycles. The van der Waals surface area contributed by atoms with Crippen LogP contribution in [-0.4, -0.2) is 18.7 Å². The first-order valence-corrected chi connectivity index (χ1v) is 9.14. The van der Waals surface area contributed by atoms with E-state index in [1.165, 1.54) is 5.56 Å². The van der Waals surface area contributed by atoms with Crippen LogP contribution >= 0.6 is 0 Å². The molecular formula is C22H28N2O2. The molecule has 26 heavy (non-hydrogen) atoms. The minimum absolute atomic E-state index is 0.0585. The summed E-state index contributed by atoms with van der Waals surface area (Å²) in [7, 11) is 0. The number of amides is 1. The first-order valence-electron chi connectivity index (χ1n) is 9.14. The highest BCUT2D eigenvalue weighted by Gasteiger charge is 2.10. The summed E-state index contributed by atoms with van der Waals surface area (Å²) in [5.74, 6) is 1.36. The Morgan fingerprint density at radius 1 is 1.12 bits per heavy atom. The fraction of sp³-hybridized carbons (Fsp3) is 0.364. The van der Waals surface area contributed by atoms with Crippen LogP contribution in [0.1, 0.15) is 62.6 Å². The largest absolute Gasteiger partial charge is 0.483 e. The van der Waals surface area contributed by atoms with Crippen molar-refractivity contribution in [1.82, 2.24) is 5.43 Å². The van der Waals surface area contributed by atoms with Gasteiger partial charge in [-0.05, 0) is 41.0 Å². The van der Waals surface area contributed by atoms with E-state index in [4.69, 9.17) is 4.74 Å². The maximum absolute atomic E-state index is 12.0. The molecule has 0 heterocycles. The molecule has 0 aliphatic heterocycles. The van der Waals surface area contributed by atoms with Crippen LogP contribution in [0.2, 0.25) is 0 Å². The van der Waals surface area contributed by atoms with Crippen molar-refractivity contribution in [2.75, 3.05) is 6.61 Å². The maximum Gasteiger partial charge on any atom is 0.277 e. The Morgan fingerprint density at radius 3 is 2.46 bits per heavy atom. The molecule has 2 aromatic rings. The van der Waals surface area contributed by atoms with Crippen LogP contribution in [0.25, 0.3) is 0 Å². The molecule has 2 aromatic carbocycles. The van der Waals surface area contributed by atoms with E-state index >= 15 is 0 Å². The quantitative estimate of drug-likeness (QED) is 0.545. The molecule has 1 N–H and O–H groups in total. The summed E-state index contributed by atoms with van der Waals surface area (Å²) < 4.78 is 5.68. The van der Waals surface area contributed by atoms with Crippen LogP contribution in [0.5, 0.6) is 5.75 Å². The molecule has 2 rings (SSSR count). The van der Waals surface area contributed by atoms with Gasteiger partial charge in [0, 0.05) is 0 Å². The number of nitrogens with zero attached hydrogens (tertiary/aromatic N) is 1. The number of hydrazone groups is 1. The molecule has 0 radical (unpaired) electrons. The maximum atomic E-state index is 12.0. The fourth-order valence-corrected chi connectivity index (χ4v) is 2.56. The van der Waals surface area contributed by atoms with Crippen LogP contribution in [0, 0.1) is 0 Å². The summed E-state index contributed by atoms with van der Waals surface area (Å²) in [5, 5.41) is 4.00. The van der Waals surface area contributed by atoms with Gasteiger partial charge >= 0.3 is 0 Å². The Balaban J connectivity index is 1.86. The number of para-hydroxylation sites is 1. The number of ether oxygens (including phenoxy) is 1. The lowest BCUT2D eigenvalue weighted by Crippen LogP contribution is -2.25. The van der Waals surface area contributed by atoms with E-state index in [0.29, 0.717) is 11.8 Å². The molecule has 1 amide bonds. The van der Waals surface area contributed by atoms with E-state index in [-0.39, 0.29) is 12.5 Å². The van der Waals surface area contributed by atoms with Gasteiger partial charge in [0.25, 0.3) is 5.91 Å². The van der Waals surface area contributed by atoms with Crippen molar-refractivity contribution in [3.05, 3.63) is 65.2 Å². The van der Waals surface area contributed by atoms with Gasteiger partial charge in [-0.2, -0.15) is 5.10 Å². The van der Waals surface area contributed by atoms with E-state index in [9.17, 15) is 4.79 Å². The van der Waals surface area contributed by atoms with Crippen molar-refractivity contribution < 1.29 is 9.53 Å². The van der Waals surface area contributed by atoms with Crippen LogP contribution in [0.3, 0.4) is 0 Å². The third kappa shape index (κ3) is 5.73. The predicted octanol–water partition coefficient (Wildman–Crippen LogP) is 4.85. The minimum Gasteiger partial charge on any atom is -0.483 e. The molecule has 1 atom stereocenters.